The molecule has 1 N–H and O–H groups in total. The van der Waals surface area contributed by atoms with Crippen LogP contribution in [0.5, 0.6) is 0 Å². The largest absolute Gasteiger partial charge is 0.342 e. The minimum Gasteiger partial charge on any atom is -0.342 e. The zero-order valence-corrected chi connectivity index (χ0v) is 14.9. The number of nitrogens with one attached hydrogen (secondary N) is 1. The molecule has 7 nitrogen and oxygen atoms in total. The molecule has 2 heterocycles. The molecular weight excluding hydrogens is 326 g/mol. The van der Waals surface area contributed by atoms with Gasteiger partial charge in [-0.3, -0.25) is 4.79 Å². The quantitative estimate of drug-likeness (QED) is 0.656. The summed E-state index contributed by atoms with van der Waals surface area (Å²) in [5.74, 6) is 1.30. The number of nitrogens with zero attached hydrogens (tertiary/aromatic N) is 4. The Bertz CT molecular complexity index is 720. The van der Waals surface area contributed by atoms with E-state index in [1.165, 1.54) is 11.8 Å². The summed E-state index contributed by atoms with van der Waals surface area (Å²) >= 11 is 1.34. The lowest BCUT2D eigenvalue weighted by molar-refractivity contribution is -0.120. The maximum absolute atomic E-state index is 12.5. The van der Waals surface area contributed by atoms with Gasteiger partial charge in [0, 0.05) is 18.3 Å². The Morgan fingerprint density at radius 2 is 1.88 bits per heavy atom. The van der Waals surface area contributed by atoms with Crippen molar-refractivity contribution in [2.45, 2.75) is 57.1 Å². The second-order valence-electron chi connectivity index (χ2n) is 6.20. The van der Waals surface area contributed by atoms with Crippen molar-refractivity contribution in [2.24, 2.45) is 0 Å². The summed E-state index contributed by atoms with van der Waals surface area (Å²) in [5.41, 5.74) is 1.30. The van der Waals surface area contributed by atoms with Gasteiger partial charge in [0.15, 0.2) is 11.0 Å². The van der Waals surface area contributed by atoms with E-state index in [-0.39, 0.29) is 11.7 Å². The molecule has 0 unspecified atom stereocenters. The molecule has 0 radical (unpaired) electrons. The van der Waals surface area contributed by atoms with Gasteiger partial charge in [0.05, 0.1) is 5.75 Å². The van der Waals surface area contributed by atoms with Crippen LogP contribution in [0.3, 0.4) is 0 Å². The molecule has 0 aromatic carbocycles. The van der Waals surface area contributed by atoms with E-state index in [9.17, 15) is 4.79 Å². The van der Waals surface area contributed by atoms with Crippen LogP contribution in [-0.2, 0) is 10.3 Å². The summed E-state index contributed by atoms with van der Waals surface area (Å²) in [5, 5.41) is 7.78. The van der Waals surface area contributed by atoms with Gasteiger partial charge in [0.1, 0.15) is 5.54 Å². The number of thioether (sulfide) groups is 1. The van der Waals surface area contributed by atoms with Crippen molar-refractivity contribution >= 4 is 17.7 Å². The lowest BCUT2D eigenvalue weighted by Gasteiger charge is -2.26. The molecule has 1 amide bonds. The number of carbonyl (C=O) groups is 1. The van der Waals surface area contributed by atoms with Crippen molar-refractivity contribution in [3.63, 3.8) is 0 Å². The van der Waals surface area contributed by atoms with Gasteiger partial charge in [-0.15, -0.1) is 0 Å². The SMILES string of the molecule is Cc1cc(C)nc(SCC(=O)NC2(c3noc(C)n3)CCCC2)n1. The molecular formula is C16H21N5O2S. The highest BCUT2D eigenvalue weighted by atomic mass is 32.2. The van der Waals surface area contributed by atoms with Crippen LogP contribution >= 0.6 is 11.8 Å². The average Bonchev–Trinajstić information content (AvgIpc) is 3.14. The van der Waals surface area contributed by atoms with E-state index in [4.69, 9.17) is 4.52 Å². The van der Waals surface area contributed by atoms with Crippen molar-refractivity contribution in [3.8, 4) is 0 Å². The van der Waals surface area contributed by atoms with Gasteiger partial charge in [-0.2, -0.15) is 4.98 Å². The van der Waals surface area contributed by atoms with Gasteiger partial charge in [0.2, 0.25) is 11.8 Å². The number of aryl methyl sites for hydroxylation is 3. The van der Waals surface area contributed by atoms with Gasteiger partial charge in [0.25, 0.3) is 0 Å². The molecule has 1 fully saturated rings. The van der Waals surface area contributed by atoms with Crippen LogP contribution in [0, 0.1) is 20.8 Å². The van der Waals surface area contributed by atoms with Crippen molar-refractivity contribution in [3.05, 3.63) is 29.2 Å². The monoisotopic (exact) mass is 347 g/mol. The standard InChI is InChI=1S/C16H21N5O2S/c1-10-8-11(2)18-15(17-10)24-9-13(22)20-16(6-4-5-7-16)14-19-12(3)23-21-14/h8H,4-7,9H2,1-3H3,(H,20,22). The van der Waals surface area contributed by atoms with E-state index in [0.717, 1.165) is 37.1 Å². The molecule has 3 rings (SSSR count). The Hall–Kier alpha value is -1.96. The number of amides is 1. The van der Waals surface area contributed by atoms with Crippen LogP contribution < -0.4 is 5.32 Å². The lowest BCUT2D eigenvalue weighted by atomic mass is 9.96. The fourth-order valence-electron chi connectivity index (χ4n) is 3.07. The highest BCUT2D eigenvalue weighted by Gasteiger charge is 2.41. The second-order valence-corrected chi connectivity index (χ2v) is 7.14. The Kier molecular flexibility index (Phi) is 4.84. The van der Waals surface area contributed by atoms with Crippen molar-refractivity contribution in [1.82, 2.24) is 25.4 Å². The molecule has 0 atom stereocenters. The molecule has 0 bridgehead atoms. The predicted molar refractivity (Wildman–Crippen MR) is 89.6 cm³/mol. The third kappa shape index (κ3) is 3.75. The Morgan fingerprint density at radius 1 is 1.21 bits per heavy atom. The van der Waals surface area contributed by atoms with E-state index in [0.29, 0.717) is 16.9 Å². The molecule has 2 aromatic rings. The van der Waals surface area contributed by atoms with E-state index in [2.05, 4.69) is 25.4 Å². The lowest BCUT2D eigenvalue weighted by Crippen LogP contribution is -2.45. The first-order valence-corrected chi connectivity index (χ1v) is 9.02. The Labute approximate surface area is 145 Å². The molecule has 1 aliphatic rings. The molecule has 1 aliphatic carbocycles. The molecule has 2 aromatic heterocycles. The normalized spacial score (nSPS) is 16.3. The number of hydrogen-bond acceptors (Lipinski definition) is 7. The first kappa shape index (κ1) is 16.9. The minimum atomic E-state index is -0.501. The average molecular weight is 347 g/mol. The topological polar surface area (TPSA) is 93.8 Å². The summed E-state index contributed by atoms with van der Waals surface area (Å²) in [4.78, 5) is 25.5. The summed E-state index contributed by atoms with van der Waals surface area (Å²) in [6, 6.07) is 1.91. The van der Waals surface area contributed by atoms with Crippen molar-refractivity contribution in [2.75, 3.05) is 5.75 Å². The molecule has 128 valence electrons. The van der Waals surface area contributed by atoms with Crippen LogP contribution in [0.4, 0.5) is 0 Å². The minimum absolute atomic E-state index is 0.0629. The molecule has 1 saturated carbocycles. The zero-order valence-electron chi connectivity index (χ0n) is 14.1. The predicted octanol–water partition coefficient (Wildman–Crippen LogP) is 2.46. The van der Waals surface area contributed by atoms with Gasteiger partial charge >= 0.3 is 0 Å². The second kappa shape index (κ2) is 6.88. The molecule has 0 saturated heterocycles. The molecule has 0 spiro atoms. The van der Waals surface area contributed by atoms with E-state index in [1.54, 1.807) is 6.92 Å². The van der Waals surface area contributed by atoms with Crippen LogP contribution in [0.2, 0.25) is 0 Å². The fourth-order valence-corrected chi connectivity index (χ4v) is 3.82. The van der Waals surface area contributed by atoms with Gasteiger partial charge in [-0.25, -0.2) is 9.97 Å². The van der Waals surface area contributed by atoms with Gasteiger partial charge in [-0.1, -0.05) is 29.8 Å². The summed E-state index contributed by atoms with van der Waals surface area (Å²) in [7, 11) is 0. The summed E-state index contributed by atoms with van der Waals surface area (Å²) in [6.45, 7) is 5.60. The smallest absolute Gasteiger partial charge is 0.231 e. The first-order valence-electron chi connectivity index (χ1n) is 8.04. The summed E-state index contributed by atoms with van der Waals surface area (Å²) in [6.07, 6.45) is 3.76. The molecule has 24 heavy (non-hydrogen) atoms. The number of rotatable bonds is 5. The maximum Gasteiger partial charge on any atom is 0.231 e. The number of aromatic nitrogens is 4. The highest BCUT2D eigenvalue weighted by molar-refractivity contribution is 7.99. The van der Waals surface area contributed by atoms with Crippen LogP contribution in [-0.4, -0.2) is 31.8 Å². The van der Waals surface area contributed by atoms with Gasteiger partial charge < -0.3 is 9.84 Å². The molecule has 0 aliphatic heterocycles. The zero-order chi connectivity index (χ0) is 17.2. The van der Waals surface area contributed by atoms with Gasteiger partial charge in [-0.05, 0) is 32.8 Å². The third-order valence-electron chi connectivity index (χ3n) is 4.09. The van der Waals surface area contributed by atoms with Crippen molar-refractivity contribution in [1.29, 1.82) is 0 Å². The van der Waals surface area contributed by atoms with E-state index >= 15 is 0 Å². The summed E-state index contributed by atoms with van der Waals surface area (Å²) < 4.78 is 5.10. The molecule has 8 heteroatoms. The Balaban J connectivity index is 1.66. The number of carbonyl (C=O) groups excluding carboxylic acids is 1. The van der Waals surface area contributed by atoms with E-state index in [1.807, 2.05) is 19.9 Å². The van der Waals surface area contributed by atoms with E-state index < -0.39 is 5.54 Å². The first-order chi connectivity index (χ1) is 11.5. The van der Waals surface area contributed by atoms with Crippen molar-refractivity contribution < 1.29 is 9.32 Å². The highest BCUT2D eigenvalue weighted by Crippen LogP contribution is 2.37. The third-order valence-corrected chi connectivity index (χ3v) is 4.93. The van der Waals surface area contributed by atoms with Crippen LogP contribution in [0.15, 0.2) is 15.7 Å². The fraction of sp³-hybridized carbons (Fsp3) is 0.562. The van der Waals surface area contributed by atoms with Crippen LogP contribution in [0.25, 0.3) is 0 Å². The maximum atomic E-state index is 12.5. The number of hydrogen-bond donors (Lipinski definition) is 1. The van der Waals surface area contributed by atoms with Crippen LogP contribution in [0.1, 0.15) is 48.8 Å². The Morgan fingerprint density at radius 3 is 2.46 bits per heavy atom.